The van der Waals surface area contributed by atoms with E-state index in [0.717, 1.165) is 45.1 Å². The Kier molecular flexibility index (Phi) is 7.34. The van der Waals surface area contributed by atoms with Crippen molar-refractivity contribution in [1.29, 1.82) is 0 Å². The summed E-state index contributed by atoms with van der Waals surface area (Å²) in [6, 6.07) is 0.593. The minimum atomic E-state index is 0.00933. The number of likely N-dealkylation sites (tertiary alicyclic amines) is 1. The van der Waals surface area contributed by atoms with Crippen LogP contribution in [-0.4, -0.2) is 48.6 Å². The van der Waals surface area contributed by atoms with Crippen LogP contribution in [-0.2, 0) is 4.79 Å². The molecule has 1 aliphatic carbocycles. The fraction of sp³-hybridized carbons (Fsp3) is 0.889. The third-order valence-electron chi connectivity index (χ3n) is 5.08. The summed E-state index contributed by atoms with van der Waals surface area (Å²) in [6.07, 6.45) is 6.50. The summed E-state index contributed by atoms with van der Waals surface area (Å²) in [5, 5.41) is 6.13. The third kappa shape index (κ3) is 6.30. The van der Waals surface area contributed by atoms with Gasteiger partial charge in [0.15, 0.2) is 0 Å². The van der Waals surface area contributed by atoms with Crippen molar-refractivity contribution < 1.29 is 9.59 Å². The van der Waals surface area contributed by atoms with E-state index in [4.69, 9.17) is 5.73 Å². The van der Waals surface area contributed by atoms with E-state index in [9.17, 15) is 9.59 Å². The molecule has 1 atom stereocenters. The van der Waals surface area contributed by atoms with Crippen LogP contribution in [0.25, 0.3) is 0 Å². The normalized spacial score (nSPS) is 27.8. The highest BCUT2D eigenvalue weighted by atomic mass is 16.2. The Labute approximate surface area is 145 Å². The van der Waals surface area contributed by atoms with Gasteiger partial charge < -0.3 is 21.3 Å². The number of urea groups is 1. The Morgan fingerprint density at radius 1 is 1.17 bits per heavy atom. The number of rotatable bonds is 5. The van der Waals surface area contributed by atoms with Crippen molar-refractivity contribution in [1.82, 2.24) is 15.5 Å². The Hall–Kier alpha value is -1.30. The topological polar surface area (TPSA) is 87.5 Å². The summed E-state index contributed by atoms with van der Waals surface area (Å²) in [7, 11) is 0. The standard InChI is InChI=1S/C18H34N4O2/c1-13(2)11-20-18(24)22-9-3-4-14(12-22)10-17(23)21-16-7-5-15(19)6-8-16/h13-16H,3-12,19H2,1-2H3,(H,20,24)(H,21,23). The number of carbonyl (C=O) groups excluding carboxylic acids is 2. The molecule has 1 aliphatic heterocycles. The lowest BCUT2D eigenvalue weighted by molar-refractivity contribution is -0.123. The fourth-order valence-corrected chi connectivity index (χ4v) is 3.63. The quantitative estimate of drug-likeness (QED) is 0.715. The summed E-state index contributed by atoms with van der Waals surface area (Å²) < 4.78 is 0. The molecule has 0 spiro atoms. The van der Waals surface area contributed by atoms with Crippen LogP contribution >= 0.6 is 0 Å². The second kappa shape index (κ2) is 9.25. The fourth-order valence-electron chi connectivity index (χ4n) is 3.63. The van der Waals surface area contributed by atoms with Crippen LogP contribution in [0.2, 0.25) is 0 Å². The van der Waals surface area contributed by atoms with Crippen molar-refractivity contribution in [2.24, 2.45) is 17.6 Å². The van der Waals surface area contributed by atoms with Gasteiger partial charge in [-0.05, 0) is 50.4 Å². The van der Waals surface area contributed by atoms with Gasteiger partial charge in [0, 0.05) is 38.1 Å². The average molecular weight is 338 g/mol. The van der Waals surface area contributed by atoms with E-state index >= 15 is 0 Å². The minimum Gasteiger partial charge on any atom is -0.353 e. The van der Waals surface area contributed by atoms with Gasteiger partial charge in [0.1, 0.15) is 0 Å². The van der Waals surface area contributed by atoms with E-state index in [1.165, 1.54) is 0 Å². The molecule has 4 N–H and O–H groups in total. The predicted molar refractivity (Wildman–Crippen MR) is 95.5 cm³/mol. The van der Waals surface area contributed by atoms with Gasteiger partial charge in [0.05, 0.1) is 0 Å². The monoisotopic (exact) mass is 338 g/mol. The molecule has 1 heterocycles. The molecule has 0 aromatic heterocycles. The second-order valence-corrected chi connectivity index (χ2v) is 7.92. The maximum Gasteiger partial charge on any atom is 0.317 e. The molecule has 3 amide bonds. The summed E-state index contributed by atoms with van der Waals surface area (Å²) >= 11 is 0. The number of nitrogens with one attached hydrogen (secondary N) is 2. The van der Waals surface area contributed by atoms with E-state index < -0.39 is 0 Å². The molecule has 138 valence electrons. The molecule has 1 saturated heterocycles. The molecular weight excluding hydrogens is 304 g/mol. The maximum atomic E-state index is 12.3. The van der Waals surface area contributed by atoms with E-state index in [1.54, 1.807) is 0 Å². The predicted octanol–water partition coefficient (Wildman–Crippen LogP) is 1.84. The van der Waals surface area contributed by atoms with Gasteiger partial charge in [0.2, 0.25) is 5.91 Å². The van der Waals surface area contributed by atoms with Crippen molar-refractivity contribution in [3.63, 3.8) is 0 Å². The van der Waals surface area contributed by atoms with Crippen molar-refractivity contribution >= 4 is 11.9 Å². The van der Waals surface area contributed by atoms with Crippen LogP contribution in [0.15, 0.2) is 0 Å². The number of hydrogen-bond acceptors (Lipinski definition) is 3. The molecule has 6 heteroatoms. The van der Waals surface area contributed by atoms with Crippen LogP contribution in [0.4, 0.5) is 4.79 Å². The lowest BCUT2D eigenvalue weighted by Gasteiger charge is -2.33. The van der Waals surface area contributed by atoms with Crippen molar-refractivity contribution in [3.05, 3.63) is 0 Å². The number of hydrogen-bond donors (Lipinski definition) is 3. The zero-order valence-corrected chi connectivity index (χ0v) is 15.2. The number of amides is 3. The molecule has 0 aromatic carbocycles. The molecule has 1 unspecified atom stereocenters. The molecule has 2 aliphatic rings. The molecule has 6 nitrogen and oxygen atoms in total. The SMILES string of the molecule is CC(C)CNC(=O)N1CCCC(CC(=O)NC2CCC(N)CC2)C1. The van der Waals surface area contributed by atoms with Crippen molar-refractivity contribution in [2.75, 3.05) is 19.6 Å². The molecule has 0 bridgehead atoms. The summed E-state index contributed by atoms with van der Waals surface area (Å²) in [6.45, 7) is 6.35. The highest BCUT2D eigenvalue weighted by molar-refractivity contribution is 5.77. The lowest BCUT2D eigenvalue weighted by atomic mass is 9.91. The Morgan fingerprint density at radius 2 is 1.88 bits per heavy atom. The van der Waals surface area contributed by atoms with E-state index in [0.29, 0.717) is 31.5 Å². The highest BCUT2D eigenvalue weighted by Crippen LogP contribution is 2.21. The van der Waals surface area contributed by atoms with E-state index in [-0.39, 0.29) is 23.9 Å². The van der Waals surface area contributed by atoms with Gasteiger partial charge in [-0.1, -0.05) is 13.8 Å². The number of nitrogens with two attached hydrogens (primary N) is 1. The first kappa shape index (κ1) is 19.0. The first-order valence-corrected chi connectivity index (χ1v) is 9.51. The molecule has 2 rings (SSSR count). The van der Waals surface area contributed by atoms with E-state index in [1.807, 2.05) is 4.90 Å². The molecular formula is C18H34N4O2. The molecule has 2 fully saturated rings. The minimum absolute atomic E-state index is 0.00933. The maximum absolute atomic E-state index is 12.3. The Morgan fingerprint density at radius 3 is 2.54 bits per heavy atom. The molecule has 1 saturated carbocycles. The molecule has 0 radical (unpaired) electrons. The van der Waals surface area contributed by atoms with Crippen molar-refractivity contribution in [2.45, 2.75) is 70.9 Å². The van der Waals surface area contributed by atoms with Crippen LogP contribution in [0.1, 0.15) is 58.8 Å². The third-order valence-corrected chi connectivity index (χ3v) is 5.08. The zero-order valence-electron chi connectivity index (χ0n) is 15.2. The van der Waals surface area contributed by atoms with Crippen molar-refractivity contribution in [3.8, 4) is 0 Å². The van der Waals surface area contributed by atoms with E-state index in [2.05, 4.69) is 24.5 Å². The summed E-state index contributed by atoms with van der Waals surface area (Å²) in [5.74, 6) is 0.850. The van der Waals surface area contributed by atoms with Gasteiger partial charge in [0.25, 0.3) is 0 Å². The molecule has 24 heavy (non-hydrogen) atoms. The van der Waals surface area contributed by atoms with Crippen LogP contribution < -0.4 is 16.4 Å². The van der Waals surface area contributed by atoms with Gasteiger partial charge in [-0.25, -0.2) is 4.79 Å². The smallest absolute Gasteiger partial charge is 0.317 e. The largest absolute Gasteiger partial charge is 0.353 e. The Balaban J connectivity index is 1.71. The first-order chi connectivity index (χ1) is 11.4. The van der Waals surface area contributed by atoms with Gasteiger partial charge in [-0.2, -0.15) is 0 Å². The average Bonchev–Trinajstić information content (AvgIpc) is 2.55. The molecule has 0 aromatic rings. The number of nitrogens with zero attached hydrogens (tertiary/aromatic N) is 1. The highest BCUT2D eigenvalue weighted by Gasteiger charge is 2.26. The number of carbonyl (C=O) groups is 2. The summed E-state index contributed by atoms with van der Waals surface area (Å²) in [4.78, 5) is 26.3. The van der Waals surface area contributed by atoms with Gasteiger partial charge in [-0.3, -0.25) is 4.79 Å². The lowest BCUT2D eigenvalue weighted by Crippen LogP contribution is -2.47. The van der Waals surface area contributed by atoms with Gasteiger partial charge >= 0.3 is 6.03 Å². The first-order valence-electron chi connectivity index (χ1n) is 9.51. The zero-order chi connectivity index (χ0) is 17.5. The second-order valence-electron chi connectivity index (χ2n) is 7.92. The summed E-state index contributed by atoms with van der Waals surface area (Å²) in [5.41, 5.74) is 5.91. The van der Waals surface area contributed by atoms with Crippen LogP contribution in [0.5, 0.6) is 0 Å². The van der Waals surface area contributed by atoms with Crippen LogP contribution in [0.3, 0.4) is 0 Å². The van der Waals surface area contributed by atoms with Gasteiger partial charge in [-0.15, -0.1) is 0 Å². The Bertz CT molecular complexity index is 419. The number of piperidine rings is 1. The van der Waals surface area contributed by atoms with Crippen LogP contribution in [0, 0.1) is 11.8 Å².